The summed E-state index contributed by atoms with van der Waals surface area (Å²) < 4.78 is 1.98. The zero-order valence-corrected chi connectivity index (χ0v) is 18.8. The molecule has 0 fully saturated rings. The van der Waals surface area contributed by atoms with Crippen molar-refractivity contribution in [1.82, 2.24) is 20.1 Å². The van der Waals surface area contributed by atoms with Crippen LogP contribution in [0.5, 0.6) is 0 Å². The van der Waals surface area contributed by atoms with Gasteiger partial charge in [-0.1, -0.05) is 37.6 Å². The highest BCUT2D eigenvalue weighted by Gasteiger charge is 2.17. The number of unbranched alkanes of at least 4 members (excludes halogenated alkanes) is 1. The van der Waals surface area contributed by atoms with Gasteiger partial charge in [-0.3, -0.25) is 14.5 Å². The number of hydrogen-bond acceptors (Lipinski definition) is 4. The van der Waals surface area contributed by atoms with Gasteiger partial charge in [0.15, 0.2) is 0 Å². The zero-order chi connectivity index (χ0) is 22.5. The number of rotatable bonds is 8. The second kappa shape index (κ2) is 9.64. The molecule has 164 valence electrons. The molecular formula is C26H29N5O. The molecule has 32 heavy (non-hydrogen) atoms. The number of pyridine rings is 1. The Labute approximate surface area is 188 Å². The molecule has 4 aromatic rings. The second-order valence-electron chi connectivity index (χ2n) is 8.22. The Bertz CT molecular complexity index is 1210. The predicted molar refractivity (Wildman–Crippen MR) is 130 cm³/mol. The fraction of sp³-hybridized carbons (Fsp3) is 0.269. The highest BCUT2D eigenvalue weighted by molar-refractivity contribution is 6.08. The van der Waals surface area contributed by atoms with Crippen LogP contribution in [-0.2, 0) is 6.54 Å². The van der Waals surface area contributed by atoms with Gasteiger partial charge in [-0.05, 0) is 50.6 Å². The maximum absolute atomic E-state index is 13.0. The van der Waals surface area contributed by atoms with E-state index in [0.29, 0.717) is 5.56 Å². The lowest BCUT2D eigenvalue weighted by Gasteiger charge is -2.16. The molecule has 2 N–H and O–H groups in total. The molecule has 0 aliphatic carbocycles. The first-order valence-corrected chi connectivity index (χ1v) is 11.1. The van der Waals surface area contributed by atoms with Crippen molar-refractivity contribution < 1.29 is 4.79 Å². The first-order valence-electron chi connectivity index (χ1n) is 11.1. The molecule has 0 saturated carbocycles. The van der Waals surface area contributed by atoms with E-state index >= 15 is 0 Å². The minimum absolute atomic E-state index is 0.0289. The number of benzene rings is 2. The van der Waals surface area contributed by atoms with Gasteiger partial charge in [0, 0.05) is 41.6 Å². The topological polar surface area (TPSA) is 71.8 Å². The van der Waals surface area contributed by atoms with Crippen molar-refractivity contribution in [3.05, 3.63) is 72.6 Å². The van der Waals surface area contributed by atoms with Crippen molar-refractivity contribution in [2.45, 2.75) is 46.2 Å². The van der Waals surface area contributed by atoms with Crippen LogP contribution in [0.15, 0.2) is 67.0 Å². The Morgan fingerprint density at radius 3 is 2.66 bits per heavy atom. The molecule has 0 saturated heterocycles. The summed E-state index contributed by atoms with van der Waals surface area (Å²) in [7, 11) is 0. The van der Waals surface area contributed by atoms with Crippen molar-refractivity contribution in [3.8, 4) is 11.3 Å². The third kappa shape index (κ3) is 4.80. The van der Waals surface area contributed by atoms with E-state index in [-0.39, 0.29) is 11.9 Å². The number of aromatic nitrogens is 3. The number of carbonyl (C=O) groups excluding carboxylic acids is 1. The quantitative estimate of drug-likeness (QED) is 0.374. The monoisotopic (exact) mass is 427 g/mol. The number of amides is 1. The highest BCUT2D eigenvalue weighted by atomic mass is 16.1. The van der Waals surface area contributed by atoms with Crippen LogP contribution in [0.3, 0.4) is 0 Å². The molecule has 1 amide bonds. The van der Waals surface area contributed by atoms with Crippen LogP contribution in [0.1, 0.15) is 44.0 Å². The third-order valence-electron chi connectivity index (χ3n) is 5.25. The van der Waals surface area contributed by atoms with Crippen molar-refractivity contribution in [1.29, 1.82) is 0 Å². The number of nitrogens with zero attached hydrogens (tertiary/aromatic N) is 3. The first kappa shape index (κ1) is 21.6. The van der Waals surface area contributed by atoms with Gasteiger partial charge in [-0.2, -0.15) is 5.10 Å². The molecule has 0 bridgehead atoms. The summed E-state index contributed by atoms with van der Waals surface area (Å²) in [6.07, 6.45) is 5.89. The summed E-state index contributed by atoms with van der Waals surface area (Å²) in [5.74, 6) is -0.151. The number of nitrogens with one attached hydrogen (secondary N) is 2. The SMILES string of the molecule is CCCCn1ccc(-c2ccc3ncc(C(=O)NC(C)C)c(Nc4ccccc4)c3c2)n1. The van der Waals surface area contributed by atoms with E-state index in [1.54, 1.807) is 6.20 Å². The van der Waals surface area contributed by atoms with E-state index in [2.05, 4.69) is 28.6 Å². The summed E-state index contributed by atoms with van der Waals surface area (Å²) in [5, 5.41) is 12.1. The average molecular weight is 428 g/mol. The van der Waals surface area contributed by atoms with Gasteiger partial charge >= 0.3 is 0 Å². The summed E-state index contributed by atoms with van der Waals surface area (Å²) in [6.45, 7) is 6.98. The van der Waals surface area contributed by atoms with Crippen LogP contribution in [0, 0.1) is 0 Å². The largest absolute Gasteiger partial charge is 0.354 e. The Morgan fingerprint density at radius 1 is 1.09 bits per heavy atom. The molecular weight excluding hydrogens is 398 g/mol. The maximum Gasteiger partial charge on any atom is 0.255 e. The molecule has 0 aliphatic heterocycles. The van der Waals surface area contributed by atoms with E-state index in [0.717, 1.165) is 52.9 Å². The normalized spacial score (nSPS) is 11.1. The zero-order valence-electron chi connectivity index (χ0n) is 18.8. The van der Waals surface area contributed by atoms with Gasteiger partial charge in [0.2, 0.25) is 0 Å². The third-order valence-corrected chi connectivity index (χ3v) is 5.25. The van der Waals surface area contributed by atoms with Crippen LogP contribution in [0.4, 0.5) is 11.4 Å². The smallest absolute Gasteiger partial charge is 0.255 e. The molecule has 0 unspecified atom stereocenters. The van der Waals surface area contributed by atoms with E-state index in [4.69, 9.17) is 5.10 Å². The molecule has 4 rings (SSSR count). The van der Waals surface area contributed by atoms with Crippen LogP contribution < -0.4 is 10.6 Å². The Balaban J connectivity index is 1.81. The maximum atomic E-state index is 13.0. The molecule has 6 heteroatoms. The number of fused-ring (bicyclic) bond motifs is 1. The van der Waals surface area contributed by atoms with Gasteiger partial charge in [-0.25, -0.2) is 0 Å². The second-order valence-corrected chi connectivity index (χ2v) is 8.22. The lowest BCUT2D eigenvalue weighted by Crippen LogP contribution is -2.30. The van der Waals surface area contributed by atoms with E-state index in [9.17, 15) is 4.79 Å². The number of hydrogen-bond donors (Lipinski definition) is 2. The van der Waals surface area contributed by atoms with Crippen molar-refractivity contribution in [2.75, 3.05) is 5.32 Å². The summed E-state index contributed by atoms with van der Waals surface area (Å²) in [6, 6.07) is 18.0. The van der Waals surface area contributed by atoms with Crippen molar-refractivity contribution in [2.24, 2.45) is 0 Å². The summed E-state index contributed by atoms with van der Waals surface area (Å²) in [4.78, 5) is 17.5. The lowest BCUT2D eigenvalue weighted by atomic mass is 10.0. The Hall–Kier alpha value is -3.67. The minimum Gasteiger partial charge on any atom is -0.354 e. The highest BCUT2D eigenvalue weighted by Crippen LogP contribution is 2.32. The average Bonchev–Trinajstić information content (AvgIpc) is 3.27. The molecule has 2 heterocycles. The molecule has 2 aromatic carbocycles. The molecule has 0 aliphatic rings. The van der Waals surface area contributed by atoms with Crippen molar-refractivity contribution >= 4 is 28.2 Å². The number of aryl methyl sites for hydroxylation is 1. The first-order chi connectivity index (χ1) is 15.5. The van der Waals surface area contributed by atoms with Crippen LogP contribution in [0.25, 0.3) is 22.2 Å². The predicted octanol–water partition coefficient (Wildman–Crippen LogP) is 5.78. The number of para-hydroxylation sites is 1. The Morgan fingerprint density at radius 2 is 1.91 bits per heavy atom. The number of carbonyl (C=O) groups is 1. The summed E-state index contributed by atoms with van der Waals surface area (Å²) in [5.41, 5.74) is 4.89. The van der Waals surface area contributed by atoms with E-state index < -0.39 is 0 Å². The molecule has 6 nitrogen and oxygen atoms in total. The van der Waals surface area contributed by atoms with Crippen LogP contribution in [0.2, 0.25) is 0 Å². The molecule has 0 radical (unpaired) electrons. The van der Waals surface area contributed by atoms with E-state index in [1.165, 1.54) is 0 Å². The fourth-order valence-corrected chi connectivity index (χ4v) is 3.62. The fourth-order valence-electron chi connectivity index (χ4n) is 3.62. The molecule has 0 atom stereocenters. The summed E-state index contributed by atoms with van der Waals surface area (Å²) >= 11 is 0. The minimum atomic E-state index is -0.151. The van der Waals surface area contributed by atoms with Crippen LogP contribution >= 0.6 is 0 Å². The van der Waals surface area contributed by atoms with Gasteiger partial charge in [0.25, 0.3) is 5.91 Å². The van der Waals surface area contributed by atoms with Gasteiger partial charge in [-0.15, -0.1) is 0 Å². The van der Waals surface area contributed by atoms with Gasteiger partial charge < -0.3 is 10.6 Å². The van der Waals surface area contributed by atoms with Crippen LogP contribution in [-0.4, -0.2) is 26.7 Å². The lowest BCUT2D eigenvalue weighted by molar-refractivity contribution is 0.0944. The van der Waals surface area contributed by atoms with Gasteiger partial charge in [0.1, 0.15) is 0 Å². The molecule has 0 spiro atoms. The standard InChI is InChI=1S/C26H29N5O/c1-4-5-14-31-15-13-23(30-31)19-11-12-24-21(16-19)25(29-20-9-7-6-8-10-20)22(17-27-24)26(32)28-18(2)3/h6-13,15-18H,4-5,14H2,1-3H3,(H,27,29)(H,28,32). The number of anilines is 2. The Kier molecular flexibility index (Phi) is 6.50. The molecule has 2 aromatic heterocycles. The van der Waals surface area contributed by atoms with E-state index in [1.807, 2.05) is 73.3 Å². The van der Waals surface area contributed by atoms with Crippen molar-refractivity contribution in [3.63, 3.8) is 0 Å². The van der Waals surface area contributed by atoms with Gasteiger partial charge in [0.05, 0.1) is 22.5 Å².